The minimum Gasteiger partial charge on any atom is -0.0991 e. The molecule has 0 aliphatic heterocycles. The van der Waals surface area contributed by atoms with E-state index in [-0.39, 0.29) is 0 Å². The summed E-state index contributed by atoms with van der Waals surface area (Å²) < 4.78 is 0. The molecule has 0 radical (unpaired) electrons. The smallest absolute Gasteiger partial charge is 0.0300 e. The van der Waals surface area contributed by atoms with Crippen LogP contribution in [0.3, 0.4) is 0 Å². The Bertz CT molecular complexity index is 276. The standard InChI is InChI=1S/C12H24.C8H12/c1-3-5-9-12(4-2)10-7-6-8-11-12;1-4-6-7-8(3)5-2/h3-11H2,1-2H3;4,6-7H,1,3,5H2,2H3/b;7-6-. The maximum absolute atomic E-state index is 3.78. The van der Waals surface area contributed by atoms with Crippen LogP contribution in [0.25, 0.3) is 0 Å². The molecule has 0 atom stereocenters. The fraction of sp³-hybridized carbons (Fsp3) is 0.700. The molecule has 0 aromatic carbocycles. The van der Waals surface area contributed by atoms with Crippen molar-refractivity contribution in [2.24, 2.45) is 5.41 Å². The number of hydrogen-bond acceptors (Lipinski definition) is 0. The molecule has 116 valence electrons. The van der Waals surface area contributed by atoms with E-state index >= 15 is 0 Å². The van der Waals surface area contributed by atoms with Crippen LogP contribution in [-0.2, 0) is 0 Å². The SMILES string of the molecule is C=C/C=C\C(=C)CC.CCCCC1(CC)CCCCC1. The average Bonchev–Trinajstić information content (AvgIpc) is 2.52. The highest BCUT2D eigenvalue weighted by molar-refractivity contribution is 5.17. The summed E-state index contributed by atoms with van der Waals surface area (Å²) in [5.74, 6) is 0. The average molecular weight is 277 g/mol. The van der Waals surface area contributed by atoms with Gasteiger partial charge in [-0.25, -0.2) is 0 Å². The summed E-state index contributed by atoms with van der Waals surface area (Å²) >= 11 is 0. The molecule has 0 heterocycles. The predicted molar refractivity (Wildman–Crippen MR) is 94.1 cm³/mol. The zero-order chi connectivity index (χ0) is 15.3. The molecule has 0 aromatic heterocycles. The molecule has 0 saturated heterocycles. The Kier molecular flexibility index (Phi) is 11.5. The summed E-state index contributed by atoms with van der Waals surface area (Å²) in [6.45, 7) is 14.1. The first-order chi connectivity index (χ1) is 9.64. The Morgan fingerprint density at radius 3 is 2.20 bits per heavy atom. The van der Waals surface area contributed by atoms with Crippen molar-refractivity contribution in [3.8, 4) is 0 Å². The summed E-state index contributed by atoms with van der Waals surface area (Å²) in [4.78, 5) is 0. The van der Waals surface area contributed by atoms with Crippen LogP contribution in [0, 0.1) is 5.41 Å². The van der Waals surface area contributed by atoms with Gasteiger partial charge in [0.05, 0.1) is 0 Å². The summed E-state index contributed by atoms with van der Waals surface area (Å²) in [6, 6.07) is 0. The third-order valence-electron chi connectivity index (χ3n) is 4.65. The van der Waals surface area contributed by atoms with E-state index < -0.39 is 0 Å². The molecule has 20 heavy (non-hydrogen) atoms. The van der Waals surface area contributed by atoms with Gasteiger partial charge >= 0.3 is 0 Å². The lowest BCUT2D eigenvalue weighted by atomic mass is 9.69. The van der Waals surface area contributed by atoms with Crippen molar-refractivity contribution in [1.29, 1.82) is 0 Å². The molecule has 0 nitrogen and oxygen atoms in total. The third kappa shape index (κ3) is 8.40. The molecular weight excluding hydrogens is 240 g/mol. The van der Waals surface area contributed by atoms with Crippen molar-refractivity contribution in [2.45, 2.75) is 85.0 Å². The Labute approximate surface area is 128 Å². The van der Waals surface area contributed by atoms with Crippen LogP contribution in [0.1, 0.15) is 85.0 Å². The van der Waals surface area contributed by atoms with Gasteiger partial charge < -0.3 is 0 Å². The van der Waals surface area contributed by atoms with Gasteiger partial charge in [0.15, 0.2) is 0 Å². The second kappa shape index (κ2) is 12.0. The third-order valence-corrected chi connectivity index (χ3v) is 4.65. The van der Waals surface area contributed by atoms with Gasteiger partial charge in [-0.15, -0.1) is 0 Å². The fourth-order valence-electron chi connectivity index (χ4n) is 2.96. The van der Waals surface area contributed by atoms with Crippen LogP contribution in [0.5, 0.6) is 0 Å². The van der Waals surface area contributed by atoms with E-state index in [4.69, 9.17) is 0 Å². The molecule has 0 spiro atoms. The van der Waals surface area contributed by atoms with E-state index in [0.717, 1.165) is 17.4 Å². The van der Waals surface area contributed by atoms with E-state index in [1.807, 2.05) is 12.2 Å². The zero-order valence-corrected chi connectivity index (χ0v) is 14.2. The minimum atomic E-state index is 0.772. The number of unbranched alkanes of at least 4 members (excludes halogenated alkanes) is 1. The van der Waals surface area contributed by atoms with E-state index in [1.54, 1.807) is 6.08 Å². The summed E-state index contributed by atoms with van der Waals surface area (Å²) in [6.07, 6.45) is 19.9. The molecular formula is C20H36. The van der Waals surface area contributed by atoms with Crippen LogP contribution in [0.4, 0.5) is 0 Å². The van der Waals surface area contributed by atoms with Crippen LogP contribution >= 0.6 is 0 Å². The lowest BCUT2D eigenvalue weighted by Gasteiger charge is -2.36. The zero-order valence-electron chi connectivity index (χ0n) is 14.2. The Morgan fingerprint density at radius 1 is 1.10 bits per heavy atom. The van der Waals surface area contributed by atoms with Gasteiger partial charge in [0.2, 0.25) is 0 Å². The van der Waals surface area contributed by atoms with Gasteiger partial charge in [-0.2, -0.15) is 0 Å². The van der Waals surface area contributed by atoms with Gasteiger partial charge in [0.25, 0.3) is 0 Å². The largest absolute Gasteiger partial charge is 0.0991 e. The molecule has 0 aromatic rings. The lowest BCUT2D eigenvalue weighted by molar-refractivity contribution is 0.160. The quantitative estimate of drug-likeness (QED) is 0.430. The van der Waals surface area contributed by atoms with E-state index in [2.05, 4.69) is 33.9 Å². The van der Waals surface area contributed by atoms with Crippen molar-refractivity contribution in [1.82, 2.24) is 0 Å². The Morgan fingerprint density at radius 2 is 1.75 bits per heavy atom. The van der Waals surface area contributed by atoms with Crippen molar-refractivity contribution >= 4 is 0 Å². The van der Waals surface area contributed by atoms with Gasteiger partial charge in [-0.3, -0.25) is 0 Å². The Balaban J connectivity index is 0.000000396. The summed E-state index contributed by atoms with van der Waals surface area (Å²) in [5.41, 5.74) is 1.92. The molecule has 0 bridgehead atoms. The van der Waals surface area contributed by atoms with Crippen molar-refractivity contribution in [2.75, 3.05) is 0 Å². The molecule has 0 unspecified atom stereocenters. The molecule has 1 aliphatic carbocycles. The van der Waals surface area contributed by atoms with Crippen molar-refractivity contribution in [3.05, 3.63) is 37.0 Å². The first kappa shape index (κ1) is 19.2. The topological polar surface area (TPSA) is 0 Å². The van der Waals surface area contributed by atoms with Crippen LogP contribution in [-0.4, -0.2) is 0 Å². The summed E-state index contributed by atoms with van der Waals surface area (Å²) in [7, 11) is 0. The first-order valence-corrected chi connectivity index (χ1v) is 8.61. The van der Waals surface area contributed by atoms with E-state index in [1.165, 1.54) is 57.8 Å². The molecule has 1 saturated carbocycles. The van der Waals surface area contributed by atoms with E-state index in [0.29, 0.717) is 0 Å². The Hall–Kier alpha value is -0.780. The highest BCUT2D eigenvalue weighted by atomic mass is 14.3. The molecule has 0 heteroatoms. The monoisotopic (exact) mass is 276 g/mol. The number of rotatable bonds is 7. The molecule has 0 amide bonds. The van der Waals surface area contributed by atoms with Crippen LogP contribution < -0.4 is 0 Å². The first-order valence-electron chi connectivity index (χ1n) is 8.61. The normalized spacial score (nSPS) is 17.4. The fourth-order valence-corrected chi connectivity index (χ4v) is 2.96. The van der Waals surface area contributed by atoms with Crippen molar-refractivity contribution < 1.29 is 0 Å². The molecule has 1 fully saturated rings. The van der Waals surface area contributed by atoms with Crippen LogP contribution in [0.15, 0.2) is 37.0 Å². The number of allylic oxidation sites excluding steroid dienone is 4. The molecule has 1 aliphatic rings. The highest BCUT2D eigenvalue weighted by Crippen LogP contribution is 2.42. The minimum absolute atomic E-state index is 0.772. The van der Waals surface area contributed by atoms with Crippen molar-refractivity contribution in [3.63, 3.8) is 0 Å². The second-order valence-electron chi connectivity index (χ2n) is 6.12. The van der Waals surface area contributed by atoms with Gasteiger partial charge in [0.1, 0.15) is 0 Å². The molecule has 1 rings (SSSR count). The highest BCUT2D eigenvalue weighted by Gasteiger charge is 2.28. The second-order valence-corrected chi connectivity index (χ2v) is 6.12. The summed E-state index contributed by atoms with van der Waals surface area (Å²) in [5, 5.41) is 0. The lowest BCUT2D eigenvalue weighted by Crippen LogP contribution is -2.22. The maximum Gasteiger partial charge on any atom is -0.0300 e. The van der Waals surface area contributed by atoms with Gasteiger partial charge in [-0.1, -0.05) is 96.3 Å². The van der Waals surface area contributed by atoms with Gasteiger partial charge in [0, 0.05) is 0 Å². The van der Waals surface area contributed by atoms with Gasteiger partial charge in [-0.05, 0) is 31.1 Å². The predicted octanol–water partition coefficient (Wildman–Crippen LogP) is 7.23. The van der Waals surface area contributed by atoms with Crippen LogP contribution in [0.2, 0.25) is 0 Å². The number of hydrogen-bond donors (Lipinski definition) is 0. The van der Waals surface area contributed by atoms with E-state index in [9.17, 15) is 0 Å². The maximum atomic E-state index is 3.78. The molecule has 0 N–H and O–H groups in total.